The molecular formula is C15H20N2O3. The van der Waals surface area contributed by atoms with Crippen LogP contribution in [0, 0.1) is 0 Å². The Balaban J connectivity index is 2.59. The van der Waals surface area contributed by atoms with Crippen LogP contribution in [0.2, 0.25) is 0 Å². The fraction of sp³-hybridized carbons (Fsp3) is 0.400. The number of methoxy groups -OCH3 is 1. The molecule has 5 nitrogen and oxygen atoms in total. The minimum atomic E-state index is -0.302. The predicted octanol–water partition coefficient (Wildman–Crippen LogP) is 2.41. The van der Waals surface area contributed by atoms with Gasteiger partial charge in [-0.25, -0.2) is 4.79 Å². The monoisotopic (exact) mass is 276 g/mol. The summed E-state index contributed by atoms with van der Waals surface area (Å²) in [6, 6.07) is 5.64. The lowest BCUT2D eigenvalue weighted by Gasteiger charge is -2.10. The first kappa shape index (κ1) is 14.4. The number of hydrogen-bond donors (Lipinski definition) is 1. The Hall–Kier alpha value is -2.01. The van der Waals surface area contributed by atoms with Crippen LogP contribution in [0.15, 0.2) is 18.2 Å². The molecule has 0 atom stereocenters. The molecule has 0 aliphatic heterocycles. The molecular weight excluding hydrogens is 256 g/mol. The van der Waals surface area contributed by atoms with Gasteiger partial charge in [0.25, 0.3) is 0 Å². The highest BCUT2D eigenvalue weighted by atomic mass is 16.5. The quantitative estimate of drug-likeness (QED) is 0.852. The Morgan fingerprint density at radius 1 is 1.35 bits per heavy atom. The molecule has 0 radical (unpaired) electrons. The van der Waals surface area contributed by atoms with Gasteiger partial charge >= 0.3 is 5.97 Å². The number of nitrogens with one attached hydrogen (secondary N) is 1. The van der Waals surface area contributed by atoms with E-state index in [4.69, 9.17) is 9.47 Å². The number of nitrogens with zero attached hydrogens (tertiary/aromatic N) is 1. The number of aromatic amines is 1. The van der Waals surface area contributed by atoms with Crippen molar-refractivity contribution in [3.05, 3.63) is 29.5 Å². The van der Waals surface area contributed by atoms with Crippen molar-refractivity contribution in [2.24, 2.45) is 0 Å². The van der Waals surface area contributed by atoms with Crippen molar-refractivity contribution in [3.8, 4) is 5.75 Å². The molecule has 2 rings (SSSR count). The molecule has 1 heterocycles. The molecule has 0 spiro atoms. The van der Waals surface area contributed by atoms with Crippen molar-refractivity contribution in [1.29, 1.82) is 0 Å². The van der Waals surface area contributed by atoms with Crippen LogP contribution in [0.3, 0.4) is 0 Å². The zero-order valence-electron chi connectivity index (χ0n) is 12.3. The summed E-state index contributed by atoms with van der Waals surface area (Å²) in [5, 5.41) is 0.833. The van der Waals surface area contributed by atoms with Crippen LogP contribution < -0.4 is 4.74 Å². The highest BCUT2D eigenvalue weighted by molar-refractivity contribution is 6.06. The van der Waals surface area contributed by atoms with Crippen molar-refractivity contribution in [1.82, 2.24) is 9.88 Å². The van der Waals surface area contributed by atoms with E-state index in [0.29, 0.717) is 18.7 Å². The summed E-state index contributed by atoms with van der Waals surface area (Å²) < 4.78 is 10.4. The number of fused-ring (bicyclic) bond motifs is 1. The number of carbonyl (C=O) groups excluding carboxylic acids is 1. The van der Waals surface area contributed by atoms with Crippen molar-refractivity contribution in [2.75, 3.05) is 27.8 Å². The van der Waals surface area contributed by atoms with E-state index >= 15 is 0 Å². The number of carbonyl (C=O) groups is 1. The molecule has 0 amide bonds. The molecule has 0 saturated heterocycles. The van der Waals surface area contributed by atoms with E-state index < -0.39 is 0 Å². The molecule has 1 aromatic heterocycles. The van der Waals surface area contributed by atoms with E-state index in [0.717, 1.165) is 22.3 Å². The molecule has 1 N–H and O–H groups in total. The van der Waals surface area contributed by atoms with Gasteiger partial charge in [-0.2, -0.15) is 0 Å². The van der Waals surface area contributed by atoms with Gasteiger partial charge in [0.2, 0.25) is 0 Å². The molecule has 20 heavy (non-hydrogen) atoms. The fourth-order valence-electron chi connectivity index (χ4n) is 2.23. The molecule has 0 bridgehead atoms. The smallest absolute Gasteiger partial charge is 0.340 e. The predicted molar refractivity (Wildman–Crippen MR) is 78.2 cm³/mol. The summed E-state index contributed by atoms with van der Waals surface area (Å²) in [5.74, 6) is 0.419. The zero-order chi connectivity index (χ0) is 14.7. The minimum Gasteiger partial charge on any atom is -0.497 e. The largest absolute Gasteiger partial charge is 0.497 e. The van der Waals surface area contributed by atoms with Crippen LogP contribution in [0.1, 0.15) is 23.0 Å². The van der Waals surface area contributed by atoms with E-state index in [9.17, 15) is 4.79 Å². The van der Waals surface area contributed by atoms with Gasteiger partial charge in [-0.05, 0) is 39.2 Å². The summed E-state index contributed by atoms with van der Waals surface area (Å²) in [5.41, 5.74) is 2.36. The van der Waals surface area contributed by atoms with Crippen LogP contribution >= 0.6 is 0 Å². The first-order valence-electron chi connectivity index (χ1n) is 6.57. The third-order valence-corrected chi connectivity index (χ3v) is 3.04. The fourth-order valence-corrected chi connectivity index (χ4v) is 2.23. The van der Waals surface area contributed by atoms with Crippen LogP contribution in [-0.2, 0) is 11.3 Å². The maximum Gasteiger partial charge on any atom is 0.340 e. The number of aromatic nitrogens is 1. The number of ether oxygens (including phenoxy) is 2. The van der Waals surface area contributed by atoms with Crippen molar-refractivity contribution < 1.29 is 14.3 Å². The van der Waals surface area contributed by atoms with Crippen LogP contribution in [0.25, 0.3) is 10.9 Å². The lowest BCUT2D eigenvalue weighted by Crippen LogP contribution is -2.15. The topological polar surface area (TPSA) is 54.6 Å². The third-order valence-electron chi connectivity index (χ3n) is 3.04. The molecule has 1 aromatic carbocycles. The SMILES string of the molecule is CCOC(=O)c1c(CN(C)C)[nH]c2ccc(OC)cc12. The number of esters is 1. The highest BCUT2D eigenvalue weighted by Gasteiger charge is 2.20. The second-order valence-corrected chi connectivity index (χ2v) is 4.85. The van der Waals surface area contributed by atoms with E-state index in [1.54, 1.807) is 14.0 Å². The van der Waals surface area contributed by atoms with E-state index in [-0.39, 0.29) is 5.97 Å². The Bertz CT molecular complexity index is 617. The van der Waals surface area contributed by atoms with Crippen LogP contribution in [0.5, 0.6) is 5.75 Å². The third kappa shape index (κ3) is 2.77. The van der Waals surface area contributed by atoms with Crippen LogP contribution in [0.4, 0.5) is 0 Å². The molecule has 0 aliphatic carbocycles. The van der Waals surface area contributed by atoms with Crippen molar-refractivity contribution >= 4 is 16.9 Å². The molecule has 0 fully saturated rings. The standard InChI is InChI=1S/C15H20N2O3/c1-5-20-15(18)14-11-8-10(19-4)6-7-12(11)16-13(14)9-17(2)3/h6-8,16H,5,9H2,1-4H3. The summed E-state index contributed by atoms with van der Waals surface area (Å²) in [4.78, 5) is 17.5. The van der Waals surface area contributed by atoms with Gasteiger partial charge in [-0.1, -0.05) is 0 Å². The maximum atomic E-state index is 12.2. The molecule has 108 valence electrons. The van der Waals surface area contributed by atoms with Gasteiger partial charge in [0.15, 0.2) is 0 Å². The normalized spacial score (nSPS) is 11.1. The molecule has 0 aliphatic rings. The first-order valence-corrected chi connectivity index (χ1v) is 6.57. The molecule has 0 unspecified atom stereocenters. The molecule has 5 heteroatoms. The summed E-state index contributed by atoms with van der Waals surface area (Å²) >= 11 is 0. The van der Waals surface area contributed by atoms with Gasteiger partial charge < -0.3 is 19.4 Å². The summed E-state index contributed by atoms with van der Waals surface area (Å²) in [6.07, 6.45) is 0. The number of H-pyrrole nitrogens is 1. The van der Waals surface area contributed by atoms with Crippen LogP contribution in [-0.4, -0.2) is 43.7 Å². The number of benzene rings is 1. The Morgan fingerprint density at radius 2 is 2.10 bits per heavy atom. The molecule has 0 saturated carbocycles. The summed E-state index contributed by atoms with van der Waals surface area (Å²) in [7, 11) is 5.53. The average Bonchev–Trinajstić information content (AvgIpc) is 2.74. The Morgan fingerprint density at radius 3 is 2.70 bits per heavy atom. The Labute approximate surface area is 118 Å². The van der Waals surface area contributed by atoms with Gasteiger partial charge in [0.05, 0.1) is 19.3 Å². The first-order chi connectivity index (χ1) is 9.56. The lowest BCUT2D eigenvalue weighted by molar-refractivity contribution is 0.0526. The second-order valence-electron chi connectivity index (χ2n) is 4.85. The average molecular weight is 276 g/mol. The lowest BCUT2D eigenvalue weighted by atomic mass is 10.1. The van der Waals surface area contributed by atoms with Crippen molar-refractivity contribution in [3.63, 3.8) is 0 Å². The number of rotatable bonds is 5. The second kappa shape index (κ2) is 5.96. The molecule has 2 aromatic rings. The van der Waals surface area contributed by atoms with Gasteiger partial charge in [-0.3, -0.25) is 0 Å². The van der Waals surface area contributed by atoms with E-state index in [1.165, 1.54) is 0 Å². The van der Waals surface area contributed by atoms with Gasteiger partial charge in [-0.15, -0.1) is 0 Å². The van der Waals surface area contributed by atoms with E-state index in [1.807, 2.05) is 37.2 Å². The number of hydrogen-bond acceptors (Lipinski definition) is 4. The highest BCUT2D eigenvalue weighted by Crippen LogP contribution is 2.27. The maximum absolute atomic E-state index is 12.2. The van der Waals surface area contributed by atoms with E-state index in [2.05, 4.69) is 4.98 Å². The van der Waals surface area contributed by atoms with Crippen molar-refractivity contribution in [2.45, 2.75) is 13.5 Å². The zero-order valence-corrected chi connectivity index (χ0v) is 12.3. The minimum absolute atomic E-state index is 0.302. The Kier molecular flexibility index (Phi) is 4.29. The van der Waals surface area contributed by atoms with Gasteiger partial charge in [0.1, 0.15) is 5.75 Å². The van der Waals surface area contributed by atoms with Gasteiger partial charge in [0, 0.05) is 23.1 Å². The summed E-state index contributed by atoms with van der Waals surface area (Å²) in [6.45, 7) is 2.81.